The highest BCUT2D eigenvalue weighted by molar-refractivity contribution is 6.21. The fraction of sp³-hybridized carbons (Fsp3) is 0.550. The van der Waals surface area contributed by atoms with Crippen molar-refractivity contribution in [3.8, 4) is 6.07 Å². The normalized spacial score (nSPS) is 17.4. The van der Waals surface area contributed by atoms with E-state index in [9.17, 15) is 9.59 Å². The SMILES string of the molecule is N#CCCN(CCCN1C(=O)c2ccccc2C1=O)CCN1CCOCC1. The predicted molar refractivity (Wildman–Crippen MR) is 100 cm³/mol. The van der Waals surface area contributed by atoms with E-state index in [2.05, 4.69) is 15.9 Å². The molecule has 0 atom stereocenters. The van der Waals surface area contributed by atoms with Crippen LogP contribution in [0.15, 0.2) is 24.3 Å². The van der Waals surface area contributed by atoms with Crippen LogP contribution in [0.2, 0.25) is 0 Å². The molecule has 144 valence electrons. The second-order valence-electron chi connectivity index (χ2n) is 6.86. The summed E-state index contributed by atoms with van der Waals surface area (Å²) in [5, 5.41) is 8.90. The molecule has 0 unspecified atom stereocenters. The number of morpholine rings is 1. The molecule has 2 heterocycles. The van der Waals surface area contributed by atoms with Gasteiger partial charge in [0.05, 0.1) is 30.4 Å². The molecule has 0 radical (unpaired) electrons. The summed E-state index contributed by atoms with van der Waals surface area (Å²) in [4.78, 5) is 30.8. The van der Waals surface area contributed by atoms with Gasteiger partial charge in [0.25, 0.3) is 11.8 Å². The molecule has 0 N–H and O–H groups in total. The van der Waals surface area contributed by atoms with Crippen molar-refractivity contribution in [1.29, 1.82) is 5.26 Å². The third-order valence-electron chi connectivity index (χ3n) is 5.11. The maximum Gasteiger partial charge on any atom is 0.261 e. The summed E-state index contributed by atoms with van der Waals surface area (Å²) in [5.74, 6) is -0.403. The van der Waals surface area contributed by atoms with Crippen LogP contribution >= 0.6 is 0 Å². The van der Waals surface area contributed by atoms with Crippen molar-refractivity contribution in [1.82, 2.24) is 14.7 Å². The van der Waals surface area contributed by atoms with Crippen LogP contribution in [0.1, 0.15) is 33.6 Å². The van der Waals surface area contributed by atoms with Gasteiger partial charge in [-0.25, -0.2) is 0 Å². The molecule has 1 fully saturated rings. The van der Waals surface area contributed by atoms with Gasteiger partial charge in [-0.1, -0.05) is 12.1 Å². The Morgan fingerprint density at radius 2 is 1.67 bits per heavy atom. The van der Waals surface area contributed by atoms with Crippen molar-refractivity contribution in [2.45, 2.75) is 12.8 Å². The number of ether oxygens (including phenoxy) is 1. The lowest BCUT2D eigenvalue weighted by Crippen LogP contribution is -2.42. The lowest BCUT2D eigenvalue weighted by Gasteiger charge is -2.30. The number of rotatable bonds is 9. The first-order chi connectivity index (χ1) is 13.2. The lowest BCUT2D eigenvalue weighted by molar-refractivity contribution is 0.0332. The summed E-state index contributed by atoms with van der Waals surface area (Å²) in [5.41, 5.74) is 0.993. The largest absolute Gasteiger partial charge is 0.379 e. The van der Waals surface area contributed by atoms with Gasteiger partial charge in [0.1, 0.15) is 0 Å². The Balaban J connectivity index is 1.48. The molecule has 1 saturated heterocycles. The maximum absolute atomic E-state index is 12.4. The van der Waals surface area contributed by atoms with Crippen LogP contribution < -0.4 is 0 Å². The molecule has 7 heteroatoms. The molecule has 0 saturated carbocycles. The molecular weight excluding hydrogens is 344 g/mol. The highest BCUT2D eigenvalue weighted by Gasteiger charge is 2.34. The van der Waals surface area contributed by atoms with E-state index in [0.717, 1.165) is 45.9 Å². The Kier molecular flexibility index (Phi) is 6.93. The number of nitrogens with zero attached hydrogens (tertiary/aromatic N) is 4. The Hall–Kier alpha value is -2.27. The van der Waals surface area contributed by atoms with E-state index in [1.54, 1.807) is 24.3 Å². The van der Waals surface area contributed by atoms with Crippen LogP contribution in [-0.2, 0) is 4.74 Å². The third kappa shape index (κ3) is 4.92. The van der Waals surface area contributed by atoms with E-state index >= 15 is 0 Å². The first-order valence-electron chi connectivity index (χ1n) is 9.55. The van der Waals surface area contributed by atoms with E-state index in [4.69, 9.17) is 10.00 Å². The molecule has 2 amide bonds. The summed E-state index contributed by atoms with van der Waals surface area (Å²) in [6, 6.07) is 9.17. The smallest absolute Gasteiger partial charge is 0.261 e. The average molecular weight is 370 g/mol. The number of hydrogen-bond acceptors (Lipinski definition) is 6. The highest BCUT2D eigenvalue weighted by atomic mass is 16.5. The summed E-state index contributed by atoms with van der Waals surface area (Å²) in [6.45, 7) is 7.15. The zero-order valence-electron chi connectivity index (χ0n) is 15.6. The van der Waals surface area contributed by atoms with Gasteiger partial charge in [0.2, 0.25) is 0 Å². The number of imide groups is 1. The first kappa shape index (κ1) is 19.5. The van der Waals surface area contributed by atoms with Crippen molar-refractivity contribution in [2.24, 2.45) is 0 Å². The standard InChI is InChI=1S/C20H26N4O3/c21-7-3-8-22(11-12-23-13-15-27-16-14-23)9-4-10-24-19(25)17-5-1-2-6-18(17)20(24)26/h1-2,5-6H,3-4,8-16H2. The average Bonchev–Trinajstić information content (AvgIpc) is 2.95. The van der Waals surface area contributed by atoms with Gasteiger partial charge in [-0.15, -0.1) is 0 Å². The van der Waals surface area contributed by atoms with Crippen molar-refractivity contribution < 1.29 is 14.3 Å². The van der Waals surface area contributed by atoms with Crippen molar-refractivity contribution in [3.05, 3.63) is 35.4 Å². The molecule has 1 aromatic carbocycles. The van der Waals surface area contributed by atoms with Gasteiger partial charge in [-0.2, -0.15) is 5.26 Å². The zero-order valence-corrected chi connectivity index (χ0v) is 15.6. The van der Waals surface area contributed by atoms with Crippen LogP contribution in [0.5, 0.6) is 0 Å². The van der Waals surface area contributed by atoms with Crippen molar-refractivity contribution in [2.75, 3.05) is 59.0 Å². The van der Waals surface area contributed by atoms with Gasteiger partial charge in [0.15, 0.2) is 0 Å². The number of carbonyl (C=O) groups excluding carboxylic acids is 2. The monoisotopic (exact) mass is 370 g/mol. The van der Waals surface area contributed by atoms with E-state index in [-0.39, 0.29) is 11.8 Å². The number of amides is 2. The number of fused-ring (bicyclic) bond motifs is 1. The van der Waals surface area contributed by atoms with Gasteiger partial charge < -0.3 is 9.64 Å². The predicted octanol–water partition coefficient (Wildman–Crippen LogP) is 1.22. The molecular formula is C20H26N4O3. The zero-order chi connectivity index (χ0) is 19.1. The van der Waals surface area contributed by atoms with Gasteiger partial charge >= 0.3 is 0 Å². The van der Waals surface area contributed by atoms with E-state index in [1.807, 2.05) is 0 Å². The summed E-state index contributed by atoms with van der Waals surface area (Å²) < 4.78 is 5.37. The second kappa shape index (κ2) is 9.60. The summed E-state index contributed by atoms with van der Waals surface area (Å²) in [7, 11) is 0. The molecule has 0 aromatic heterocycles. The van der Waals surface area contributed by atoms with Gasteiger partial charge in [-0.05, 0) is 25.1 Å². The van der Waals surface area contributed by atoms with E-state index in [0.29, 0.717) is 37.1 Å². The van der Waals surface area contributed by atoms with E-state index < -0.39 is 0 Å². The van der Waals surface area contributed by atoms with Crippen LogP contribution in [0.4, 0.5) is 0 Å². The van der Waals surface area contributed by atoms with Crippen LogP contribution in [0.25, 0.3) is 0 Å². The molecule has 27 heavy (non-hydrogen) atoms. The fourth-order valence-corrected chi connectivity index (χ4v) is 3.55. The highest BCUT2D eigenvalue weighted by Crippen LogP contribution is 2.22. The molecule has 2 aliphatic rings. The van der Waals surface area contributed by atoms with Crippen LogP contribution in [0.3, 0.4) is 0 Å². The number of carbonyl (C=O) groups is 2. The molecule has 3 rings (SSSR count). The van der Waals surface area contributed by atoms with Crippen molar-refractivity contribution >= 4 is 11.8 Å². The molecule has 0 spiro atoms. The van der Waals surface area contributed by atoms with Gasteiger partial charge in [-0.3, -0.25) is 19.4 Å². The summed E-state index contributed by atoms with van der Waals surface area (Å²) >= 11 is 0. The minimum absolute atomic E-state index is 0.201. The van der Waals surface area contributed by atoms with Crippen LogP contribution in [-0.4, -0.2) is 85.5 Å². The topological polar surface area (TPSA) is 76.9 Å². The molecule has 0 bridgehead atoms. The molecule has 7 nitrogen and oxygen atoms in total. The Labute approximate surface area is 160 Å². The summed E-state index contributed by atoms with van der Waals surface area (Å²) in [6.07, 6.45) is 1.19. The Morgan fingerprint density at radius 3 is 2.30 bits per heavy atom. The lowest BCUT2D eigenvalue weighted by atomic mass is 10.1. The molecule has 0 aliphatic carbocycles. The van der Waals surface area contributed by atoms with E-state index in [1.165, 1.54) is 4.90 Å². The molecule has 2 aliphatic heterocycles. The Bertz CT molecular complexity index is 674. The number of hydrogen-bond donors (Lipinski definition) is 0. The minimum Gasteiger partial charge on any atom is -0.379 e. The Morgan fingerprint density at radius 1 is 1.00 bits per heavy atom. The second-order valence-corrected chi connectivity index (χ2v) is 6.86. The van der Waals surface area contributed by atoms with Gasteiger partial charge in [0, 0.05) is 45.7 Å². The third-order valence-corrected chi connectivity index (χ3v) is 5.11. The molecule has 1 aromatic rings. The minimum atomic E-state index is -0.201. The number of nitriles is 1. The number of benzene rings is 1. The van der Waals surface area contributed by atoms with Crippen molar-refractivity contribution in [3.63, 3.8) is 0 Å². The fourth-order valence-electron chi connectivity index (χ4n) is 3.55. The maximum atomic E-state index is 12.4. The quantitative estimate of drug-likeness (QED) is 0.609. The van der Waals surface area contributed by atoms with Crippen LogP contribution in [0, 0.1) is 11.3 Å². The first-order valence-corrected chi connectivity index (χ1v) is 9.55.